The number of hydrogen-bond donors (Lipinski definition) is 0. The number of rotatable bonds is 8. The number of aromatic nitrogens is 2. The number of hydrogen-bond acceptors (Lipinski definition) is 6. The Kier molecular flexibility index (Phi) is 8.03. The fourth-order valence-electron chi connectivity index (χ4n) is 3.57. The van der Waals surface area contributed by atoms with Gasteiger partial charge in [0, 0.05) is 38.1 Å². The Balaban J connectivity index is 1.82. The number of nitrogens with zero attached hydrogens (tertiary/aromatic N) is 4. The Labute approximate surface area is 224 Å². The molecule has 1 heterocycles. The molecule has 0 unspecified atom stereocenters. The lowest BCUT2D eigenvalue weighted by atomic mass is 10.2. The van der Waals surface area contributed by atoms with Gasteiger partial charge in [-0.05, 0) is 36.8 Å². The molecule has 0 bridgehead atoms. The highest BCUT2D eigenvalue weighted by atomic mass is 79.9. The minimum Gasteiger partial charge on any atom is -0.481 e. The highest BCUT2D eigenvalue weighted by molar-refractivity contribution is 9.10. The monoisotopic (exact) mass is 588 g/mol. The van der Waals surface area contributed by atoms with Crippen LogP contribution >= 0.6 is 39.1 Å². The number of nitro groups is 1. The maximum absolute atomic E-state index is 13.3. The van der Waals surface area contributed by atoms with E-state index in [1.165, 1.54) is 23.0 Å². The SMILES string of the molecule is CCCc1nc2ccc(Br)cc2c(=O)n1N=Cc1cc(Cl)cc([N+](=O)[O-])c1OCc1ccccc1Cl. The van der Waals surface area contributed by atoms with E-state index >= 15 is 0 Å². The molecule has 11 heteroatoms. The Hall–Kier alpha value is -3.27. The first-order valence-electron chi connectivity index (χ1n) is 10.9. The van der Waals surface area contributed by atoms with E-state index in [0.717, 1.165) is 10.9 Å². The van der Waals surface area contributed by atoms with Gasteiger partial charge < -0.3 is 4.74 Å². The number of benzene rings is 3. The van der Waals surface area contributed by atoms with E-state index in [0.29, 0.717) is 33.7 Å². The molecule has 0 saturated carbocycles. The summed E-state index contributed by atoms with van der Waals surface area (Å²) >= 11 is 15.8. The Bertz CT molecular complexity index is 1560. The minimum atomic E-state index is -0.588. The van der Waals surface area contributed by atoms with Gasteiger partial charge in [0.05, 0.1) is 22.0 Å². The standard InChI is InChI=1S/C25H19BrCl2N4O4/c1-2-5-23-30-21-9-8-17(26)11-19(21)25(33)31(23)29-13-16-10-18(27)12-22(32(34)35)24(16)36-14-15-6-3-4-7-20(15)28/h3-4,6-13H,2,5,14H2,1H3. The van der Waals surface area contributed by atoms with Gasteiger partial charge >= 0.3 is 5.69 Å². The number of fused-ring (bicyclic) bond motifs is 1. The lowest BCUT2D eigenvalue weighted by Gasteiger charge is -2.12. The average molecular weight is 590 g/mol. The molecular weight excluding hydrogens is 571 g/mol. The smallest absolute Gasteiger partial charge is 0.313 e. The summed E-state index contributed by atoms with van der Waals surface area (Å²) in [5.41, 5.74) is 0.732. The van der Waals surface area contributed by atoms with E-state index in [4.69, 9.17) is 27.9 Å². The molecule has 0 N–H and O–H groups in total. The maximum atomic E-state index is 13.3. The highest BCUT2D eigenvalue weighted by Gasteiger charge is 2.21. The third-order valence-electron chi connectivity index (χ3n) is 5.25. The average Bonchev–Trinajstić information content (AvgIpc) is 2.84. The molecule has 0 atom stereocenters. The van der Waals surface area contributed by atoms with Crippen molar-refractivity contribution in [2.75, 3.05) is 0 Å². The summed E-state index contributed by atoms with van der Waals surface area (Å²) in [6.07, 6.45) is 2.55. The summed E-state index contributed by atoms with van der Waals surface area (Å²) in [6, 6.07) is 14.9. The molecule has 0 amide bonds. The molecule has 0 spiro atoms. The van der Waals surface area contributed by atoms with Gasteiger partial charge in [0.15, 0.2) is 0 Å². The van der Waals surface area contributed by atoms with Gasteiger partial charge in [0.1, 0.15) is 12.4 Å². The normalized spacial score (nSPS) is 11.3. The largest absolute Gasteiger partial charge is 0.481 e. The molecule has 8 nitrogen and oxygen atoms in total. The van der Waals surface area contributed by atoms with Crippen molar-refractivity contribution in [2.45, 2.75) is 26.4 Å². The first-order valence-corrected chi connectivity index (χ1v) is 12.4. The van der Waals surface area contributed by atoms with Gasteiger partial charge in [-0.3, -0.25) is 14.9 Å². The molecule has 0 saturated heterocycles. The van der Waals surface area contributed by atoms with Crippen LogP contribution in [-0.4, -0.2) is 20.8 Å². The lowest BCUT2D eigenvalue weighted by Crippen LogP contribution is -2.22. The molecule has 184 valence electrons. The molecule has 0 radical (unpaired) electrons. The van der Waals surface area contributed by atoms with Crippen molar-refractivity contribution in [2.24, 2.45) is 5.10 Å². The van der Waals surface area contributed by atoms with Crippen LogP contribution in [0.25, 0.3) is 10.9 Å². The van der Waals surface area contributed by atoms with E-state index < -0.39 is 4.92 Å². The molecule has 0 aliphatic heterocycles. The second-order valence-corrected chi connectivity index (χ2v) is 9.54. The minimum absolute atomic E-state index is 0.0183. The van der Waals surface area contributed by atoms with Crippen molar-refractivity contribution in [3.05, 3.63) is 107 Å². The Morgan fingerprint density at radius 1 is 1.19 bits per heavy atom. The number of halogens is 3. The molecule has 0 fully saturated rings. The number of nitro benzene ring substituents is 1. The molecule has 0 aliphatic rings. The van der Waals surface area contributed by atoms with Crippen molar-refractivity contribution >= 4 is 61.9 Å². The van der Waals surface area contributed by atoms with Crippen molar-refractivity contribution in [3.8, 4) is 5.75 Å². The molecule has 1 aromatic heterocycles. The van der Waals surface area contributed by atoms with Gasteiger partial charge in [0.25, 0.3) is 5.56 Å². The lowest BCUT2D eigenvalue weighted by molar-refractivity contribution is -0.385. The summed E-state index contributed by atoms with van der Waals surface area (Å²) in [5.74, 6) is 0.415. The first-order chi connectivity index (χ1) is 17.3. The molecule has 4 aromatic rings. The second kappa shape index (κ2) is 11.2. The third kappa shape index (κ3) is 5.59. The molecule has 36 heavy (non-hydrogen) atoms. The van der Waals surface area contributed by atoms with Gasteiger partial charge in [-0.15, -0.1) is 0 Å². The van der Waals surface area contributed by atoms with Gasteiger partial charge in [0.2, 0.25) is 5.75 Å². The summed E-state index contributed by atoms with van der Waals surface area (Å²) in [6.45, 7) is 1.95. The predicted molar refractivity (Wildman–Crippen MR) is 145 cm³/mol. The van der Waals surface area contributed by atoms with E-state index in [1.807, 2.05) is 13.0 Å². The van der Waals surface area contributed by atoms with Crippen LogP contribution in [0.15, 0.2) is 69.0 Å². The van der Waals surface area contributed by atoms with Crippen LogP contribution in [-0.2, 0) is 13.0 Å². The first kappa shape index (κ1) is 25.8. The van der Waals surface area contributed by atoms with Crippen molar-refractivity contribution in [3.63, 3.8) is 0 Å². The zero-order valence-corrected chi connectivity index (χ0v) is 22.0. The van der Waals surface area contributed by atoms with Crippen molar-refractivity contribution in [1.82, 2.24) is 9.66 Å². The fraction of sp³-hybridized carbons (Fsp3) is 0.160. The van der Waals surface area contributed by atoms with Crippen LogP contribution in [0.4, 0.5) is 5.69 Å². The fourth-order valence-corrected chi connectivity index (χ4v) is 4.35. The summed E-state index contributed by atoms with van der Waals surface area (Å²) in [4.78, 5) is 29.1. The predicted octanol–water partition coefficient (Wildman–Crippen LogP) is 6.79. The molecule has 3 aromatic carbocycles. The molecular formula is C25H19BrCl2N4O4. The topological polar surface area (TPSA) is 99.6 Å². The summed E-state index contributed by atoms with van der Waals surface area (Å²) in [7, 11) is 0. The summed E-state index contributed by atoms with van der Waals surface area (Å²) < 4.78 is 7.78. The third-order valence-corrected chi connectivity index (χ3v) is 6.33. The zero-order chi connectivity index (χ0) is 25.8. The zero-order valence-electron chi connectivity index (χ0n) is 19.0. The Morgan fingerprint density at radius 2 is 1.97 bits per heavy atom. The van der Waals surface area contributed by atoms with Gasteiger partial charge in [-0.25, -0.2) is 4.98 Å². The Morgan fingerprint density at radius 3 is 2.69 bits per heavy atom. The van der Waals surface area contributed by atoms with Crippen molar-refractivity contribution < 1.29 is 9.66 Å². The molecule has 4 rings (SSSR count). The number of ether oxygens (including phenoxy) is 1. The van der Waals surface area contributed by atoms with Crippen LogP contribution in [0, 0.1) is 10.1 Å². The van der Waals surface area contributed by atoms with Gasteiger partial charge in [-0.1, -0.05) is 64.3 Å². The van der Waals surface area contributed by atoms with Crippen LogP contribution in [0.5, 0.6) is 5.75 Å². The summed E-state index contributed by atoms with van der Waals surface area (Å²) in [5, 5.41) is 17.1. The highest BCUT2D eigenvalue weighted by Crippen LogP contribution is 2.35. The molecule has 0 aliphatic carbocycles. The van der Waals surface area contributed by atoms with E-state index in [-0.39, 0.29) is 34.2 Å². The van der Waals surface area contributed by atoms with Crippen LogP contribution in [0.2, 0.25) is 10.0 Å². The van der Waals surface area contributed by atoms with E-state index in [2.05, 4.69) is 26.0 Å². The van der Waals surface area contributed by atoms with Crippen molar-refractivity contribution in [1.29, 1.82) is 0 Å². The van der Waals surface area contributed by atoms with E-state index in [9.17, 15) is 14.9 Å². The second-order valence-electron chi connectivity index (χ2n) is 7.78. The quantitative estimate of drug-likeness (QED) is 0.128. The maximum Gasteiger partial charge on any atom is 0.313 e. The van der Waals surface area contributed by atoms with Crippen LogP contribution in [0.1, 0.15) is 30.3 Å². The van der Waals surface area contributed by atoms with Gasteiger partial charge in [-0.2, -0.15) is 9.78 Å². The van der Waals surface area contributed by atoms with Crippen LogP contribution < -0.4 is 10.3 Å². The van der Waals surface area contributed by atoms with Crippen LogP contribution in [0.3, 0.4) is 0 Å². The van der Waals surface area contributed by atoms with E-state index in [1.54, 1.807) is 36.4 Å². The number of aryl methyl sites for hydroxylation is 1.